The second kappa shape index (κ2) is 6.32. The molecule has 3 atom stereocenters. The van der Waals surface area contributed by atoms with Crippen molar-refractivity contribution in [1.29, 1.82) is 0 Å². The van der Waals surface area contributed by atoms with Gasteiger partial charge >= 0.3 is 0 Å². The fraction of sp³-hybridized carbons (Fsp3) is 0.562. The first-order valence-electron chi connectivity index (χ1n) is 7.59. The molecular weight excluding hydrogens is 291 g/mol. The first-order valence-corrected chi connectivity index (χ1v) is 7.97. The van der Waals surface area contributed by atoms with E-state index in [0.717, 1.165) is 25.9 Å². The molecule has 1 aliphatic heterocycles. The van der Waals surface area contributed by atoms with E-state index < -0.39 is 0 Å². The molecule has 1 aromatic rings. The Balaban J connectivity index is 1.53. The highest BCUT2D eigenvalue weighted by Gasteiger charge is 2.46. The van der Waals surface area contributed by atoms with Crippen LogP contribution in [0.3, 0.4) is 0 Å². The first-order chi connectivity index (χ1) is 10.2. The zero-order valence-electron chi connectivity index (χ0n) is 11.9. The summed E-state index contributed by atoms with van der Waals surface area (Å²) < 4.78 is 13.8. The van der Waals surface area contributed by atoms with Crippen molar-refractivity contribution in [2.45, 2.75) is 25.2 Å². The fourth-order valence-electron chi connectivity index (χ4n) is 3.14. The molecule has 2 fully saturated rings. The molecule has 3 unspecified atom stereocenters. The molecule has 2 aliphatic rings. The van der Waals surface area contributed by atoms with Crippen LogP contribution in [0.25, 0.3) is 0 Å². The lowest BCUT2D eigenvalue weighted by molar-refractivity contribution is -0.122. The minimum Gasteiger partial charge on any atom is -0.356 e. The highest BCUT2D eigenvalue weighted by molar-refractivity contribution is 6.31. The fourth-order valence-corrected chi connectivity index (χ4v) is 3.45. The Kier molecular flexibility index (Phi) is 4.45. The van der Waals surface area contributed by atoms with Gasteiger partial charge < -0.3 is 10.6 Å². The summed E-state index contributed by atoms with van der Waals surface area (Å²) in [5.41, 5.74) is 0.499. The van der Waals surface area contributed by atoms with Crippen molar-refractivity contribution in [3.63, 3.8) is 0 Å². The largest absolute Gasteiger partial charge is 0.356 e. The Morgan fingerprint density at radius 2 is 2.33 bits per heavy atom. The summed E-state index contributed by atoms with van der Waals surface area (Å²) in [6, 6.07) is 4.68. The molecular formula is C16H20ClFN2O. The molecule has 0 radical (unpaired) electrons. The van der Waals surface area contributed by atoms with Gasteiger partial charge in [-0.1, -0.05) is 17.7 Å². The van der Waals surface area contributed by atoms with E-state index in [1.165, 1.54) is 6.07 Å². The van der Waals surface area contributed by atoms with E-state index in [1.807, 2.05) is 0 Å². The predicted octanol–water partition coefficient (Wildman–Crippen LogP) is 2.70. The van der Waals surface area contributed by atoms with Gasteiger partial charge in [-0.2, -0.15) is 0 Å². The van der Waals surface area contributed by atoms with Gasteiger partial charge in [-0.05, 0) is 50.4 Å². The summed E-state index contributed by atoms with van der Waals surface area (Å²) in [5.74, 6) is 0.0419. The number of benzene rings is 1. The minimum atomic E-state index is -0.306. The number of halogens is 2. The Labute approximate surface area is 129 Å². The Hall–Kier alpha value is -1.13. The van der Waals surface area contributed by atoms with Gasteiger partial charge in [0, 0.05) is 29.0 Å². The van der Waals surface area contributed by atoms with Crippen molar-refractivity contribution in [3.05, 3.63) is 34.6 Å². The van der Waals surface area contributed by atoms with Gasteiger partial charge in [0.2, 0.25) is 5.91 Å². The highest BCUT2D eigenvalue weighted by Crippen LogP contribution is 2.50. The van der Waals surface area contributed by atoms with Gasteiger partial charge in [-0.3, -0.25) is 4.79 Å². The van der Waals surface area contributed by atoms with Crippen molar-refractivity contribution in [2.24, 2.45) is 11.8 Å². The van der Waals surface area contributed by atoms with E-state index in [1.54, 1.807) is 12.1 Å². The van der Waals surface area contributed by atoms with Gasteiger partial charge in [0.25, 0.3) is 0 Å². The standard InChI is InChI=1S/C16H20ClFN2O/c17-13-4-1-5-14(18)15(13)11-7-12(11)16(21)20-9-10-3-2-6-19-8-10/h1,4-5,10-12,19H,2-3,6-9H2,(H,20,21). The summed E-state index contributed by atoms with van der Waals surface area (Å²) in [6.07, 6.45) is 3.01. The maximum atomic E-state index is 13.8. The average molecular weight is 311 g/mol. The van der Waals surface area contributed by atoms with Gasteiger partial charge in [-0.15, -0.1) is 0 Å². The molecule has 3 rings (SSSR count). The van der Waals surface area contributed by atoms with E-state index >= 15 is 0 Å². The van der Waals surface area contributed by atoms with E-state index in [4.69, 9.17) is 11.6 Å². The SMILES string of the molecule is O=C(NCC1CCCNC1)C1CC1c1c(F)cccc1Cl. The van der Waals surface area contributed by atoms with Crippen molar-refractivity contribution >= 4 is 17.5 Å². The van der Waals surface area contributed by atoms with Crippen LogP contribution >= 0.6 is 11.6 Å². The number of rotatable bonds is 4. The van der Waals surface area contributed by atoms with E-state index in [0.29, 0.717) is 29.5 Å². The minimum absolute atomic E-state index is 0.0323. The number of carbonyl (C=O) groups is 1. The summed E-state index contributed by atoms with van der Waals surface area (Å²) >= 11 is 6.05. The highest BCUT2D eigenvalue weighted by atomic mass is 35.5. The smallest absolute Gasteiger partial charge is 0.223 e. The maximum absolute atomic E-state index is 13.8. The van der Waals surface area contributed by atoms with E-state index in [9.17, 15) is 9.18 Å². The lowest BCUT2D eigenvalue weighted by atomic mass is 9.99. The number of piperidine rings is 1. The molecule has 1 saturated carbocycles. The molecule has 1 aliphatic carbocycles. The predicted molar refractivity (Wildman–Crippen MR) is 80.9 cm³/mol. The topological polar surface area (TPSA) is 41.1 Å². The van der Waals surface area contributed by atoms with E-state index in [2.05, 4.69) is 10.6 Å². The lowest BCUT2D eigenvalue weighted by Crippen LogP contribution is -2.38. The molecule has 0 bridgehead atoms. The Bertz CT molecular complexity index is 511. The molecule has 0 aromatic heterocycles. The van der Waals surface area contributed by atoms with Crippen molar-refractivity contribution in [3.8, 4) is 0 Å². The van der Waals surface area contributed by atoms with Gasteiger partial charge in [0.05, 0.1) is 0 Å². The molecule has 21 heavy (non-hydrogen) atoms. The quantitative estimate of drug-likeness (QED) is 0.898. The molecule has 1 heterocycles. The number of hydrogen-bond donors (Lipinski definition) is 2. The van der Waals surface area contributed by atoms with Crippen molar-refractivity contribution < 1.29 is 9.18 Å². The molecule has 1 saturated heterocycles. The van der Waals surface area contributed by atoms with Crippen LogP contribution in [0.1, 0.15) is 30.7 Å². The van der Waals surface area contributed by atoms with Crippen molar-refractivity contribution in [1.82, 2.24) is 10.6 Å². The average Bonchev–Trinajstić information content (AvgIpc) is 3.26. The third kappa shape index (κ3) is 3.38. The number of nitrogens with one attached hydrogen (secondary N) is 2. The van der Waals surface area contributed by atoms with Gasteiger partial charge in [0.1, 0.15) is 5.82 Å². The molecule has 0 spiro atoms. The van der Waals surface area contributed by atoms with Crippen LogP contribution in [0, 0.1) is 17.7 Å². The summed E-state index contributed by atoms with van der Waals surface area (Å²) in [6.45, 7) is 2.74. The summed E-state index contributed by atoms with van der Waals surface area (Å²) in [5, 5.41) is 6.77. The molecule has 1 aromatic carbocycles. The number of amides is 1. The van der Waals surface area contributed by atoms with Crippen molar-refractivity contribution in [2.75, 3.05) is 19.6 Å². The summed E-state index contributed by atoms with van der Waals surface area (Å²) in [4.78, 5) is 12.2. The second-order valence-corrected chi connectivity index (χ2v) is 6.45. The third-order valence-electron chi connectivity index (χ3n) is 4.46. The van der Waals surface area contributed by atoms with Crippen LogP contribution in [-0.4, -0.2) is 25.5 Å². The zero-order valence-corrected chi connectivity index (χ0v) is 12.6. The third-order valence-corrected chi connectivity index (χ3v) is 4.79. The number of carbonyl (C=O) groups excluding carboxylic acids is 1. The molecule has 3 nitrogen and oxygen atoms in total. The van der Waals surface area contributed by atoms with Crippen LogP contribution in [-0.2, 0) is 4.79 Å². The van der Waals surface area contributed by atoms with E-state index in [-0.39, 0.29) is 23.6 Å². The van der Waals surface area contributed by atoms with Crippen LogP contribution in [0.4, 0.5) is 4.39 Å². The lowest BCUT2D eigenvalue weighted by Gasteiger charge is -2.22. The summed E-state index contributed by atoms with van der Waals surface area (Å²) in [7, 11) is 0. The Morgan fingerprint density at radius 1 is 1.48 bits per heavy atom. The van der Waals surface area contributed by atoms with Crippen LogP contribution in [0.2, 0.25) is 5.02 Å². The second-order valence-electron chi connectivity index (χ2n) is 6.04. The molecule has 1 amide bonds. The van der Waals surface area contributed by atoms with Gasteiger partial charge in [0.15, 0.2) is 0 Å². The maximum Gasteiger partial charge on any atom is 0.223 e. The molecule has 114 valence electrons. The first kappa shape index (κ1) is 14.8. The van der Waals surface area contributed by atoms with Gasteiger partial charge in [-0.25, -0.2) is 4.39 Å². The van der Waals surface area contributed by atoms with Crippen LogP contribution < -0.4 is 10.6 Å². The molecule has 5 heteroatoms. The van der Waals surface area contributed by atoms with Crippen LogP contribution in [0.5, 0.6) is 0 Å². The van der Waals surface area contributed by atoms with Crippen LogP contribution in [0.15, 0.2) is 18.2 Å². The molecule has 2 N–H and O–H groups in total. The normalized spacial score (nSPS) is 28.2. The zero-order chi connectivity index (χ0) is 14.8. The Morgan fingerprint density at radius 3 is 3.05 bits per heavy atom. The number of hydrogen-bond acceptors (Lipinski definition) is 2. The monoisotopic (exact) mass is 310 g/mol.